The number of hydrogen-bond donors (Lipinski definition) is 1. The van der Waals surface area contributed by atoms with Crippen LogP contribution in [0.2, 0.25) is 0 Å². The van der Waals surface area contributed by atoms with Gasteiger partial charge in [0, 0.05) is 18.8 Å². The molecule has 1 N–H and O–H groups in total. The van der Waals surface area contributed by atoms with Crippen molar-refractivity contribution in [3.8, 4) is 0 Å². The van der Waals surface area contributed by atoms with E-state index in [1.54, 1.807) is 0 Å². The Labute approximate surface area is 86.5 Å². The molecule has 0 amide bonds. The Hall–Kier alpha value is 0.270. The third kappa shape index (κ3) is 2.39. The molecule has 1 spiro atoms. The SMILES string of the molecule is CC.CN1CCSC12CCCNC2. The smallest absolute Gasteiger partial charge is 0.0794 e. The van der Waals surface area contributed by atoms with Gasteiger partial charge in [0.25, 0.3) is 0 Å². The molecule has 0 aromatic rings. The molecule has 2 aliphatic rings. The first-order chi connectivity index (χ1) is 6.33. The quantitative estimate of drug-likeness (QED) is 0.644. The van der Waals surface area contributed by atoms with Crippen LogP contribution in [0.15, 0.2) is 0 Å². The number of nitrogens with one attached hydrogen (secondary N) is 1. The topological polar surface area (TPSA) is 15.3 Å². The maximum absolute atomic E-state index is 3.49. The average molecular weight is 202 g/mol. The molecule has 2 saturated heterocycles. The molecule has 2 rings (SSSR count). The fourth-order valence-corrected chi connectivity index (χ4v) is 3.55. The highest BCUT2D eigenvalue weighted by molar-refractivity contribution is 8.00. The summed E-state index contributed by atoms with van der Waals surface area (Å²) in [5.74, 6) is 1.32. The summed E-state index contributed by atoms with van der Waals surface area (Å²) < 4.78 is 0. The van der Waals surface area contributed by atoms with Crippen LogP contribution in [0, 0.1) is 0 Å². The highest BCUT2D eigenvalue weighted by Gasteiger charge is 2.39. The molecule has 1 atom stereocenters. The van der Waals surface area contributed by atoms with Crippen molar-refractivity contribution < 1.29 is 0 Å². The van der Waals surface area contributed by atoms with Gasteiger partial charge in [-0.15, -0.1) is 11.8 Å². The number of hydrogen-bond acceptors (Lipinski definition) is 3. The van der Waals surface area contributed by atoms with Gasteiger partial charge in [0.2, 0.25) is 0 Å². The standard InChI is InChI=1S/C8H16N2S.C2H6/c1-10-5-6-11-8(10)3-2-4-9-7-8;1-2/h9H,2-7H2,1H3;1-2H3. The van der Waals surface area contributed by atoms with Crippen LogP contribution in [0.1, 0.15) is 26.7 Å². The molecule has 3 heteroatoms. The number of likely N-dealkylation sites (N-methyl/N-ethyl adjacent to an activating group) is 1. The van der Waals surface area contributed by atoms with Crippen molar-refractivity contribution in [3.63, 3.8) is 0 Å². The molecule has 0 bridgehead atoms. The lowest BCUT2D eigenvalue weighted by molar-refractivity contribution is 0.197. The van der Waals surface area contributed by atoms with E-state index in [2.05, 4.69) is 29.0 Å². The fourth-order valence-electron chi connectivity index (χ4n) is 2.00. The number of piperidine rings is 1. The third-order valence-corrected chi connectivity index (χ3v) is 4.40. The van der Waals surface area contributed by atoms with Crippen molar-refractivity contribution in [2.24, 2.45) is 0 Å². The predicted octanol–water partition coefficient (Wildman–Crippen LogP) is 1.77. The van der Waals surface area contributed by atoms with E-state index < -0.39 is 0 Å². The van der Waals surface area contributed by atoms with E-state index in [4.69, 9.17) is 0 Å². The van der Waals surface area contributed by atoms with Crippen molar-refractivity contribution in [2.75, 3.05) is 32.4 Å². The Morgan fingerprint density at radius 3 is 2.62 bits per heavy atom. The van der Waals surface area contributed by atoms with Crippen LogP contribution in [-0.2, 0) is 0 Å². The Kier molecular flexibility index (Phi) is 4.56. The molecule has 2 nitrogen and oxygen atoms in total. The molecule has 13 heavy (non-hydrogen) atoms. The molecule has 0 aliphatic carbocycles. The zero-order chi connectivity index (χ0) is 9.73. The van der Waals surface area contributed by atoms with E-state index in [1.807, 2.05) is 13.8 Å². The normalized spacial score (nSPS) is 34.4. The molecule has 2 heterocycles. The Balaban J connectivity index is 0.000000396. The lowest BCUT2D eigenvalue weighted by Gasteiger charge is -2.38. The van der Waals surface area contributed by atoms with Gasteiger partial charge in [-0.2, -0.15) is 0 Å². The molecule has 0 aromatic heterocycles. The van der Waals surface area contributed by atoms with Gasteiger partial charge in [0.1, 0.15) is 0 Å². The van der Waals surface area contributed by atoms with Crippen LogP contribution in [-0.4, -0.2) is 42.2 Å². The van der Waals surface area contributed by atoms with E-state index in [1.165, 1.54) is 38.2 Å². The van der Waals surface area contributed by atoms with Crippen LogP contribution in [0.4, 0.5) is 0 Å². The lowest BCUT2D eigenvalue weighted by atomic mass is 10.1. The zero-order valence-electron chi connectivity index (χ0n) is 9.10. The summed E-state index contributed by atoms with van der Waals surface area (Å²) in [5, 5.41) is 3.49. The second-order valence-electron chi connectivity index (χ2n) is 3.50. The molecule has 2 aliphatic heterocycles. The van der Waals surface area contributed by atoms with E-state index >= 15 is 0 Å². The molecule has 1 unspecified atom stereocenters. The van der Waals surface area contributed by atoms with Gasteiger partial charge in [0.05, 0.1) is 4.87 Å². The Morgan fingerprint density at radius 2 is 2.15 bits per heavy atom. The first-order valence-electron chi connectivity index (χ1n) is 5.39. The van der Waals surface area contributed by atoms with Gasteiger partial charge < -0.3 is 5.32 Å². The van der Waals surface area contributed by atoms with Gasteiger partial charge in [-0.3, -0.25) is 4.90 Å². The summed E-state index contributed by atoms with van der Waals surface area (Å²) in [6.45, 7) is 7.68. The summed E-state index contributed by atoms with van der Waals surface area (Å²) >= 11 is 2.14. The zero-order valence-corrected chi connectivity index (χ0v) is 9.91. The van der Waals surface area contributed by atoms with Crippen LogP contribution >= 0.6 is 11.8 Å². The molecular formula is C10H22N2S. The molecular weight excluding hydrogens is 180 g/mol. The summed E-state index contributed by atoms with van der Waals surface area (Å²) in [5.41, 5.74) is 0. The Bertz CT molecular complexity index is 144. The van der Waals surface area contributed by atoms with E-state index in [0.29, 0.717) is 4.87 Å². The fraction of sp³-hybridized carbons (Fsp3) is 1.00. The highest BCUT2D eigenvalue weighted by Crippen LogP contribution is 2.39. The molecule has 0 radical (unpaired) electrons. The van der Waals surface area contributed by atoms with Crippen LogP contribution in [0.25, 0.3) is 0 Å². The van der Waals surface area contributed by atoms with Gasteiger partial charge in [-0.05, 0) is 26.4 Å². The van der Waals surface area contributed by atoms with Crippen molar-refractivity contribution in [1.29, 1.82) is 0 Å². The summed E-state index contributed by atoms with van der Waals surface area (Å²) in [7, 11) is 2.26. The number of rotatable bonds is 0. The van der Waals surface area contributed by atoms with Gasteiger partial charge in [0.15, 0.2) is 0 Å². The van der Waals surface area contributed by atoms with Gasteiger partial charge >= 0.3 is 0 Å². The largest absolute Gasteiger partial charge is 0.314 e. The lowest BCUT2D eigenvalue weighted by Crippen LogP contribution is -2.50. The van der Waals surface area contributed by atoms with E-state index in [9.17, 15) is 0 Å². The molecule has 78 valence electrons. The molecule has 2 fully saturated rings. The molecule has 0 saturated carbocycles. The summed E-state index contributed by atoms with van der Waals surface area (Å²) in [6, 6.07) is 0. The third-order valence-electron chi connectivity index (χ3n) is 2.82. The number of nitrogens with zero attached hydrogens (tertiary/aromatic N) is 1. The maximum Gasteiger partial charge on any atom is 0.0794 e. The van der Waals surface area contributed by atoms with Crippen molar-refractivity contribution in [3.05, 3.63) is 0 Å². The predicted molar refractivity (Wildman–Crippen MR) is 61.3 cm³/mol. The number of thioether (sulfide) groups is 1. The van der Waals surface area contributed by atoms with Gasteiger partial charge in [-0.25, -0.2) is 0 Å². The average Bonchev–Trinajstić information content (AvgIpc) is 2.53. The van der Waals surface area contributed by atoms with Crippen LogP contribution in [0.3, 0.4) is 0 Å². The summed E-state index contributed by atoms with van der Waals surface area (Å²) in [6.07, 6.45) is 2.72. The van der Waals surface area contributed by atoms with Gasteiger partial charge in [-0.1, -0.05) is 13.8 Å². The Morgan fingerprint density at radius 1 is 1.38 bits per heavy atom. The molecule has 0 aromatic carbocycles. The van der Waals surface area contributed by atoms with Crippen molar-refractivity contribution in [1.82, 2.24) is 10.2 Å². The maximum atomic E-state index is 3.49. The van der Waals surface area contributed by atoms with Crippen LogP contribution in [0.5, 0.6) is 0 Å². The van der Waals surface area contributed by atoms with Crippen molar-refractivity contribution >= 4 is 11.8 Å². The van der Waals surface area contributed by atoms with Crippen LogP contribution < -0.4 is 5.32 Å². The van der Waals surface area contributed by atoms with E-state index in [0.717, 1.165) is 0 Å². The second kappa shape index (κ2) is 5.23. The monoisotopic (exact) mass is 202 g/mol. The first kappa shape index (κ1) is 11.3. The first-order valence-corrected chi connectivity index (χ1v) is 6.38. The van der Waals surface area contributed by atoms with E-state index in [-0.39, 0.29) is 0 Å². The highest BCUT2D eigenvalue weighted by atomic mass is 32.2. The summed E-state index contributed by atoms with van der Waals surface area (Å²) in [4.78, 5) is 2.99. The second-order valence-corrected chi connectivity index (χ2v) is 4.95. The minimum absolute atomic E-state index is 0.470. The minimum atomic E-state index is 0.470. The van der Waals surface area contributed by atoms with Crippen molar-refractivity contribution in [2.45, 2.75) is 31.6 Å². The minimum Gasteiger partial charge on any atom is -0.314 e.